The van der Waals surface area contributed by atoms with Crippen LogP contribution in [0, 0.1) is 18.3 Å². The van der Waals surface area contributed by atoms with Gasteiger partial charge in [-0.15, -0.1) is 0 Å². The number of aromatic nitrogens is 2. The molecule has 1 aromatic heterocycles. The average Bonchev–Trinajstić information content (AvgIpc) is 3.18. The molecule has 0 saturated heterocycles. The van der Waals surface area contributed by atoms with Gasteiger partial charge < -0.3 is 0 Å². The zero-order valence-corrected chi connectivity index (χ0v) is 18.4. The van der Waals surface area contributed by atoms with Gasteiger partial charge in [0.15, 0.2) is 5.82 Å². The van der Waals surface area contributed by atoms with E-state index in [1.54, 1.807) is 61.5 Å². The fourth-order valence-electron chi connectivity index (χ4n) is 3.36. The highest BCUT2D eigenvalue weighted by molar-refractivity contribution is 7.90. The number of hydrogen-bond donors (Lipinski definition) is 2. The van der Waals surface area contributed by atoms with Gasteiger partial charge >= 0.3 is 6.03 Å². The summed E-state index contributed by atoms with van der Waals surface area (Å²) in [5.41, 5.74) is 2.23. The normalized spacial score (nSPS) is 10.9. The van der Waals surface area contributed by atoms with E-state index in [1.807, 2.05) is 29.0 Å². The molecule has 9 heteroatoms. The van der Waals surface area contributed by atoms with Gasteiger partial charge in [0, 0.05) is 5.56 Å². The Morgan fingerprint density at radius 2 is 1.55 bits per heavy atom. The van der Waals surface area contributed by atoms with Crippen molar-refractivity contribution in [3.8, 4) is 23.0 Å². The predicted molar refractivity (Wildman–Crippen MR) is 124 cm³/mol. The number of amides is 2. The largest absolute Gasteiger partial charge is 0.334 e. The smallest absolute Gasteiger partial charge is 0.290 e. The molecule has 0 fully saturated rings. The number of sulfonamides is 1. The molecule has 0 saturated carbocycles. The lowest BCUT2D eigenvalue weighted by atomic mass is 10.1. The summed E-state index contributed by atoms with van der Waals surface area (Å²) in [6, 6.07) is 25.4. The molecule has 2 N–H and O–H groups in total. The van der Waals surface area contributed by atoms with Crippen LogP contribution in [0.5, 0.6) is 0 Å². The van der Waals surface area contributed by atoms with Gasteiger partial charge in [-0.25, -0.2) is 22.6 Å². The Bertz CT molecular complexity index is 1460. The highest BCUT2D eigenvalue weighted by Crippen LogP contribution is 2.30. The summed E-state index contributed by atoms with van der Waals surface area (Å²) in [5, 5.41) is 16.9. The van der Waals surface area contributed by atoms with E-state index < -0.39 is 16.1 Å². The van der Waals surface area contributed by atoms with Gasteiger partial charge in [0.2, 0.25) is 0 Å². The van der Waals surface area contributed by atoms with E-state index in [2.05, 4.69) is 16.5 Å². The standard InChI is InChI=1S/C24H19N5O3S/c1-17-10-8-9-15-21(17)33(31,32)28-24(30)26-23-20(16-25)22(18-11-4-2-5-12-18)27-29(23)19-13-6-3-7-14-19/h2-15H,1H3,(H2,26,28,30). The molecule has 1 heterocycles. The van der Waals surface area contributed by atoms with Crippen LogP contribution < -0.4 is 10.0 Å². The predicted octanol–water partition coefficient (Wildman–Crippen LogP) is 4.23. The molecule has 0 atom stereocenters. The van der Waals surface area contributed by atoms with E-state index in [4.69, 9.17) is 0 Å². The number of hydrogen-bond acceptors (Lipinski definition) is 5. The molecular formula is C24H19N5O3S. The first-order chi connectivity index (χ1) is 15.9. The number of nitrogens with one attached hydrogen (secondary N) is 2. The summed E-state index contributed by atoms with van der Waals surface area (Å²) in [5.74, 6) is 0.0556. The van der Waals surface area contributed by atoms with E-state index in [0.717, 1.165) is 0 Å². The van der Waals surface area contributed by atoms with Gasteiger partial charge in [-0.1, -0.05) is 66.7 Å². The van der Waals surface area contributed by atoms with E-state index >= 15 is 0 Å². The first kappa shape index (κ1) is 21.8. The monoisotopic (exact) mass is 457 g/mol. The maximum Gasteiger partial charge on any atom is 0.334 e. The number of carbonyl (C=O) groups is 1. The lowest BCUT2D eigenvalue weighted by Gasteiger charge is -2.12. The molecule has 0 aliphatic rings. The molecule has 0 spiro atoms. The number of rotatable bonds is 5. The first-order valence-electron chi connectivity index (χ1n) is 9.94. The Hall–Kier alpha value is -4.42. The molecule has 0 aliphatic carbocycles. The number of aryl methyl sites for hydroxylation is 1. The van der Waals surface area contributed by atoms with Crippen LogP contribution in [0.2, 0.25) is 0 Å². The van der Waals surface area contributed by atoms with Crippen molar-refractivity contribution in [3.63, 3.8) is 0 Å². The van der Waals surface area contributed by atoms with Gasteiger partial charge in [-0.05, 0) is 30.7 Å². The SMILES string of the molecule is Cc1ccccc1S(=O)(=O)NC(=O)Nc1c(C#N)c(-c2ccccc2)nn1-c1ccccc1. The van der Waals surface area contributed by atoms with E-state index in [0.29, 0.717) is 22.5 Å². The third kappa shape index (κ3) is 4.46. The van der Waals surface area contributed by atoms with Crippen LogP contribution in [0.1, 0.15) is 11.1 Å². The fraction of sp³-hybridized carbons (Fsp3) is 0.0417. The second kappa shape index (κ2) is 8.98. The summed E-state index contributed by atoms with van der Waals surface area (Å²) < 4.78 is 28.9. The molecule has 0 radical (unpaired) electrons. The molecule has 2 amide bonds. The lowest BCUT2D eigenvalue weighted by Crippen LogP contribution is -2.35. The molecule has 0 unspecified atom stereocenters. The molecule has 4 aromatic rings. The van der Waals surface area contributed by atoms with Crippen molar-refractivity contribution in [2.24, 2.45) is 0 Å². The Morgan fingerprint density at radius 3 is 2.18 bits per heavy atom. The number of nitrogens with zero attached hydrogens (tertiary/aromatic N) is 3. The van der Waals surface area contributed by atoms with Crippen molar-refractivity contribution in [1.82, 2.24) is 14.5 Å². The van der Waals surface area contributed by atoms with Gasteiger partial charge in [-0.2, -0.15) is 10.4 Å². The fourth-order valence-corrected chi connectivity index (χ4v) is 4.52. The molecule has 4 rings (SSSR count). The Kier molecular flexibility index (Phi) is 5.93. The van der Waals surface area contributed by atoms with Crippen LogP contribution in [0.15, 0.2) is 89.8 Å². The third-order valence-electron chi connectivity index (χ3n) is 4.89. The van der Waals surface area contributed by atoms with Crippen LogP contribution in [-0.4, -0.2) is 24.2 Å². The Balaban J connectivity index is 1.75. The van der Waals surface area contributed by atoms with Crippen LogP contribution in [-0.2, 0) is 10.0 Å². The number of nitriles is 1. The number of urea groups is 1. The summed E-state index contributed by atoms with van der Waals surface area (Å²) in [6.45, 7) is 1.64. The highest BCUT2D eigenvalue weighted by Gasteiger charge is 2.25. The maximum absolute atomic E-state index is 12.8. The molecular weight excluding hydrogens is 438 g/mol. The summed E-state index contributed by atoms with van der Waals surface area (Å²) in [7, 11) is -4.13. The third-order valence-corrected chi connectivity index (χ3v) is 6.38. The van der Waals surface area contributed by atoms with Crippen molar-refractivity contribution in [3.05, 3.63) is 96.1 Å². The van der Waals surface area contributed by atoms with Crippen molar-refractivity contribution in [2.75, 3.05) is 5.32 Å². The molecule has 8 nitrogen and oxygen atoms in total. The van der Waals surface area contributed by atoms with Gasteiger partial charge in [0.25, 0.3) is 10.0 Å². The van der Waals surface area contributed by atoms with Gasteiger partial charge in [-0.3, -0.25) is 5.32 Å². The van der Waals surface area contributed by atoms with Gasteiger partial charge in [0.1, 0.15) is 17.3 Å². The van der Waals surface area contributed by atoms with Crippen LogP contribution in [0.3, 0.4) is 0 Å². The topological polar surface area (TPSA) is 117 Å². The Labute approximate surface area is 191 Å². The highest BCUT2D eigenvalue weighted by atomic mass is 32.2. The zero-order valence-electron chi connectivity index (χ0n) is 17.6. The number of anilines is 1. The van der Waals surface area contributed by atoms with Crippen molar-refractivity contribution in [2.45, 2.75) is 11.8 Å². The van der Waals surface area contributed by atoms with Crippen LogP contribution >= 0.6 is 0 Å². The zero-order chi connectivity index (χ0) is 23.4. The summed E-state index contributed by atoms with van der Waals surface area (Å²) in [6.07, 6.45) is 0. The Morgan fingerprint density at radius 1 is 0.939 bits per heavy atom. The summed E-state index contributed by atoms with van der Waals surface area (Å²) in [4.78, 5) is 12.7. The van der Waals surface area contributed by atoms with Crippen LogP contribution in [0.25, 0.3) is 16.9 Å². The van der Waals surface area contributed by atoms with Crippen molar-refractivity contribution >= 4 is 21.9 Å². The number of benzene rings is 3. The van der Waals surface area contributed by atoms with Crippen molar-refractivity contribution < 1.29 is 13.2 Å². The van der Waals surface area contributed by atoms with E-state index in [9.17, 15) is 18.5 Å². The van der Waals surface area contributed by atoms with E-state index in [-0.39, 0.29) is 16.3 Å². The van der Waals surface area contributed by atoms with Crippen molar-refractivity contribution in [1.29, 1.82) is 5.26 Å². The number of para-hydroxylation sites is 1. The molecule has 3 aromatic carbocycles. The molecule has 164 valence electrons. The molecule has 0 bridgehead atoms. The quantitative estimate of drug-likeness (QED) is 0.465. The minimum atomic E-state index is -4.13. The average molecular weight is 458 g/mol. The minimum Gasteiger partial charge on any atom is -0.290 e. The first-order valence-corrected chi connectivity index (χ1v) is 11.4. The molecule has 33 heavy (non-hydrogen) atoms. The van der Waals surface area contributed by atoms with Crippen LogP contribution in [0.4, 0.5) is 10.6 Å². The second-order valence-corrected chi connectivity index (χ2v) is 8.77. The minimum absolute atomic E-state index is 0.0119. The van der Waals surface area contributed by atoms with Gasteiger partial charge in [0.05, 0.1) is 10.6 Å². The maximum atomic E-state index is 12.8. The molecule has 0 aliphatic heterocycles. The number of carbonyl (C=O) groups excluding carboxylic acids is 1. The lowest BCUT2D eigenvalue weighted by molar-refractivity contribution is 0.256. The second-order valence-electron chi connectivity index (χ2n) is 7.12. The summed E-state index contributed by atoms with van der Waals surface area (Å²) >= 11 is 0. The van der Waals surface area contributed by atoms with E-state index in [1.165, 1.54) is 10.7 Å².